The molecule has 5 rings (SSSR count). The van der Waals surface area contributed by atoms with Crippen LogP contribution in [0.2, 0.25) is 0 Å². The van der Waals surface area contributed by atoms with Gasteiger partial charge in [0.05, 0.1) is 0 Å². The maximum absolute atomic E-state index is 6.27. The SMILES string of the molecule is ClC1=NC(c2ccccc2)=NC(C2=CCC(c3ccc(-c4ccccc4)cc3)C=C2)N1. The Kier molecular flexibility index (Phi) is 5.51. The molecule has 1 N–H and O–H groups in total. The molecule has 1 aliphatic carbocycles. The lowest BCUT2D eigenvalue weighted by Gasteiger charge is -2.24. The maximum Gasteiger partial charge on any atom is 0.199 e. The highest BCUT2D eigenvalue weighted by Crippen LogP contribution is 2.30. The molecule has 2 atom stereocenters. The van der Waals surface area contributed by atoms with Crippen molar-refractivity contribution in [1.29, 1.82) is 0 Å². The second kappa shape index (κ2) is 8.75. The van der Waals surface area contributed by atoms with E-state index in [1.807, 2.05) is 36.4 Å². The Morgan fingerprint density at radius 3 is 2.06 bits per heavy atom. The van der Waals surface area contributed by atoms with Crippen molar-refractivity contribution < 1.29 is 0 Å². The molecule has 0 saturated carbocycles. The van der Waals surface area contributed by atoms with Crippen molar-refractivity contribution in [2.24, 2.45) is 9.98 Å². The fraction of sp³-hybridized carbons (Fsp3) is 0.111. The zero-order valence-electron chi connectivity index (χ0n) is 16.9. The summed E-state index contributed by atoms with van der Waals surface area (Å²) < 4.78 is 0. The molecule has 0 fully saturated rings. The van der Waals surface area contributed by atoms with Gasteiger partial charge in [0.25, 0.3) is 0 Å². The minimum Gasteiger partial charge on any atom is -0.335 e. The Hall–Kier alpha value is -3.43. The van der Waals surface area contributed by atoms with Gasteiger partial charge in [0.2, 0.25) is 0 Å². The average Bonchev–Trinajstić information content (AvgIpc) is 2.85. The molecule has 0 radical (unpaired) electrons. The van der Waals surface area contributed by atoms with Crippen LogP contribution in [0.3, 0.4) is 0 Å². The van der Waals surface area contributed by atoms with Gasteiger partial charge in [-0.1, -0.05) is 103 Å². The van der Waals surface area contributed by atoms with Crippen LogP contribution in [0.25, 0.3) is 11.1 Å². The van der Waals surface area contributed by atoms with Crippen LogP contribution in [-0.4, -0.2) is 17.3 Å². The molecule has 0 saturated heterocycles. The summed E-state index contributed by atoms with van der Waals surface area (Å²) in [6.45, 7) is 0. The molecule has 31 heavy (non-hydrogen) atoms. The van der Waals surface area contributed by atoms with Gasteiger partial charge in [0, 0.05) is 11.5 Å². The lowest BCUT2D eigenvalue weighted by atomic mass is 9.88. The van der Waals surface area contributed by atoms with Crippen LogP contribution in [-0.2, 0) is 0 Å². The third kappa shape index (κ3) is 4.37. The molecule has 0 bridgehead atoms. The number of nitrogens with zero attached hydrogens (tertiary/aromatic N) is 2. The number of hydrogen-bond acceptors (Lipinski definition) is 3. The van der Waals surface area contributed by atoms with Crippen molar-refractivity contribution in [3.63, 3.8) is 0 Å². The Bertz CT molecular complexity index is 1180. The highest BCUT2D eigenvalue weighted by Gasteiger charge is 2.22. The highest BCUT2D eigenvalue weighted by atomic mass is 35.5. The Morgan fingerprint density at radius 1 is 0.774 bits per heavy atom. The quantitative estimate of drug-likeness (QED) is 0.491. The summed E-state index contributed by atoms with van der Waals surface area (Å²) in [5, 5.41) is 3.54. The van der Waals surface area contributed by atoms with Gasteiger partial charge in [0.15, 0.2) is 11.1 Å². The highest BCUT2D eigenvalue weighted by molar-refractivity contribution is 6.65. The standard InChI is InChI=1S/C27H22ClN3/c28-27-30-25(23-9-5-2-6-10-23)29-26(31-27)24-17-15-22(16-18-24)21-13-11-20(12-14-21)19-7-3-1-4-8-19/h1-15,17-18,22,26H,16H2,(H,29,30,31). The van der Waals surface area contributed by atoms with Crippen molar-refractivity contribution in [2.75, 3.05) is 0 Å². The van der Waals surface area contributed by atoms with Gasteiger partial charge in [-0.3, -0.25) is 0 Å². The van der Waals surface area contributed by atoms with Crippen LogP contribution < -0.4 is 5.32 Å². The van der Waals surface area contributed by atoms with Crippen molar-refractivity contribution in [3.05, 3.63) is 120 Å². The predicted molar refractivity (Wildman–Crippen MR) is 130 cm³/mol. The Morgan fingerprint density at radius 2 is 1.42 bits per heavy atom. The molecular weight excluding hydrogens is 402 g/mol. The van der Waals surface area contributed by atoms with Gasteiger partial charge in [-0.05, 0) is 40.3 Å². The van der Waals surface area contributed by atoms with Gasteiger partial charge in [-0.15, -0.1) is 0 Å². The molecule has 0 aromatic heterocycles. The molecule has 0 amide bonds. The molecule has 3 nitrogen and oxygen atoms in total. The summed E-state index contributed by atoms with van der Waals surface area (Å²) in [5.41, 5.74) is 5.87. The summed E-state index contributed by atoms with van der Waals surface area (Å²) in [7, 11) is 0. The third-order valence-corrected chi connectivity index (χ3v) is 5.83. The second-order valence-electron chi connectivity index (χ2n) is 7.66. The van der Waals surface area contributed by atoms with Crippen LogP contribution in [0.15, 0.2) is 119 Å². The Balaban J connectivity index is 1.31. The van der Waals surface area contributed by atoms with Gasteiger partial charge in [-0.2, -0.15) is 0 Å². The fourth-order valence-corrected chi connectivity index (χ4v) is 4.13. The maximum atomic E-state index is 6.27. The monoisotopic (exact) mass is 423 g/mol. The van der Waals surface area contributed by atoms with E-state index in [-0.39, 0.29) is 6.17 Å². The number of amidine groups is 2. The summed E-state index contributed by atoms with van der Waals surface area (Å²) in [6.07, 6.45) is 7.36. The number of hydrogen-bond donors (Lipinski definition) is 1. The van der Waals surface area contributed by atoms with E-state index >= 15 is 0 Å². The topological polar surface area (TPSA) is 36.8 Å². The van der Waals surface area contributed by atoms with Crippen LogP contribution >= 0.6 is 11.6 Å². The minimum absolute atomic E-state index is 0.224. The molecule has 2 unspecified atom stereocenters. The van der Waals surface area contributed by atoms with E-state index in [0.29, 0.717) is 17.0 Å². The Labute approximate surface area is 187 Å². The van der Waals surface area contributed by atoms with E-state index in [4.69, 9.17) is 16.6 Å². The van der Waals surface area contributed by atoms with Gasteiger partial charge < -0.3 is 5.32 Å². The van der Waals surface area contributed by atoms with Crippen molar-refractivity contribution in [3.8, 4) is 11.1 Å². The smallest absolute Gasteiger partial charge is 0.199 e. The van der Waals surface area contributed by atoms with E-state index in [2.05, 4.69) is 77.1 Å². The first-order chi connectivity index (χ1) is 15.3. The number of halogens is 1. The summed E-state index contributed by atoms with van der Waals surface area (Å²) in [5.74, 6) is 1.01. The molecule has 1 heterocycles. The molecule has 152 valence electrons. The lowest BCUT2D eigenvalue weighted by molar-refractivity contribution is 0.717. The number of nitrogens with one attached hydrogen (secondary N) is 1. The van der Waals surface area contributed by atoms with E-state index < -0.39 is 0 Å². The van der Waals surface area contributed by atoms with Crippen LogP contribution in [0, 0.1) is 0 Å². The van der Waals surface area contributed by atoms with Crippen molar-refractivity contribution in [2.45, 2.75) is 18.5 Å². The van der Waals surface area contributed by atoms with E-state index in [1.165, 1.54) is 16.7 Å². The van der Waals surface area contributed by atoms with E-state index in [9.17, 15) is 0 Å². The van der Waals surface area contributed by atoms with Gasteiger partial charge in [0.1, 0.15) is 6.17 Å². The third-order valence-electron chi connectivity index (χ3n) is 5.63. The fourth-order valence-electron chi connectivity index (χ4n) is 3.95. The average molecular weight is 424 g/mol. The summed E-state index contributed by atoms with van der Waals surface area (Å²) in [4.78, 5) is 9.15. The first kappa shape index (κ1) is 19.5. The molecule has 3 aromatic rings. The van der Waals surface area contributed by atoms with E-state index in [0.717, 1.165) is 17.6 Å². The molecular formula is C27H22ClN3. The minimum atomic E-state index is -0.224. The van der Waals surface area contributed by atoms with Crippen LogP contribution in [0.1, 0.15) is 23.5 Å². The van der Waals surface area contributed by atoms with E-state index in [1.54, 1.807) is 0 Å². The number of rotatable bonds is 4. The van der Waals surface area contributed by atoms with Crippen LogP contribution in [0.4, 0.5) is 0 Å². The number of benzene rings is 3. The predicted octanol–water partition coefficient (Wildman–Crippen LogP) is 6.29. The lowest BCUT2D eigenvalue weighted by Crippen LogP contribution is -2.36. The zero-order valence-corrected chi connectivity index (χ0v) is 17.7. The largest absolute Gasteiger partial charge is 0.335 e. The normalized spacial score (nSPS) is 20.4. The molecule has 2 aliphatic rings. The number of aliphatic imine (C=N–C) groups is 2. The van der Waals surface area contributed by atoms with Gasteiger partial charge >= 0.3 is 0 Å². The van der Waals surface area contributed by atoms with Crippen LogP contribution in [0.5, 0.6) is 0 Å². The molecule has 3 aromatic carbocycles. The first-order valence-corrected chi connectivity index (χ1v) is 10.8. The first-order valence-electron chi connectivity index (χ1n) is 10.4. The summed E-state index contributed by atoms with van der Waals surface area (Å²) in [6, 6.07) is 29.2. The summed E-state index contributed by atoms with van der Waals surface area (Å²) >= 11 is 6.27. The van der Waals surface area contributed by atoms with Crippen molar-refractivity contribution >= 4 is 22.7 Å². The van der Waals surface area contributed by atoms with Gasteiger partial charge in [-0.25, -0.2) is 9.98 Å². The second-order valence-corrected chi connectivity index (χ2v) is 8.02. The molecule has 4 heteroatoms. The number of allylic oxidation sites excluding steroid dienone is 2. The molecule has 1 aliphatic heterocycles. The zero-order chi connectivity index (χ0) is 21.0. The van der Waals surface area contributed by atoms with Crippen molar-refractivity contribution in [1.82, 2.24) is 5.32 Å². The molecule has 0 spiro atoms.